The van der Waals surface area contributed by atoms with Gasteiger partial charge in [-0.25, -0.2) is 0 Å². The van der Waals surface area contributed by atoms with E-state index in [9.17, 15) is 19.5 Å². The Hall–Kier alpha value is -1.93. The van der Waals surface area contributed by atoms with Gasteiger partial charge in [-0.2, -0.15) is 0 Å². The van der Waals surface area contributed by atoms with E-state index in [4.69, 9.17) is 4.74 Å². The molecular weight excluding hydrogens is 290 g/mol. The lowest BCUT2D eigenvalue weighted by Gasteiger charge is -2.27. The number of nitrogens with zero attached hydrogens (tertiary/aromatic N) is 2. The van der Waals surface area contributed by atoms with E-state index in [0.29, 0.717) is 32.3 Å². The minimum Gasteiger partial charge on any atom is -0.394 e. The molecule has 3 amide bonds. The molecule has 0 radical (unpaired) electrons. The Balaban J connectivity index is 2.68. The van der Waals surface area contributed by atoms with Crippen molar-refractivity contribution in [1.29, 1.82) is 0 Å². The monoisotopic (exact) mass is 313 g/mol. The fraction of sp³-hybridized carbons (Fsp3) is 0.643. The number of imide groups is 1. The number of hydrogen-bond acceptors (Lipinski definition) is 6. The van der Waals surface area contributed by atoms with Crippen molar-refractivity contribution in [3.05, 3.63) is 12.3 Å². The van der Waals surface area contributed by atoms with Crippen LogP contribution in [-0.2, 0) is 19.1 Å². The van der Waals surface area contributed by atoms with Gasteiger partial charge in [0.2, 0.25) is 12.3 Å². The summed E-state index contributed by atoms with van der Waals surface area (Å²) in [5.41, 5.74) is 0. The topological polar surface area (TPSA) is 99.2 Å². The Labute approximate surface area is 129 Å². The molecule has 2 atom stereocenters. The van der Waals surface area contributed by atoms with Crippen molar-refractivity contribution in [2.75, 3.05) is 26.7 Å². The molecule has 1 aliphatic rings. The van der Waals surface area contributed by atoms with Crippen molar-refractivity contribution in [1.82, 2.24) is 15.1 Å². The van der Waals surface area contributed by atoms with Gasteiger partial charge in [0.15, 0.2) is 0 Å². The highest BCUT2D eigenvalue weighted by Crippen LogP contribution is 2.15. The van der Waals surface area contributed by atoms with Crippen LogP contribution in [0.4, 0.5) is 0 Å². The van der Waals surface area contributed by atoms with Crippen LogP contribution in [0.1, 0.15) is 19.8 Å². The van der Waals surface area contributed by atoms with Gasteiger partial charge in [0.25, 0.3) is 5.91 Å². The van der Waals surface area contributed by atoms with Crippen LogP contribution in [0.2, 0.25) is 0 Å². The van der Waals surface area contributed by atoms with Gasteiger partial charge in [-0.05, 0) is 0 Å². The predicted octanol–water partition coefficient (Wildman–Crippen LogP) is -0.950. The van der Waals surface area contributed by atoms with Crippen LogP contribution in [0.5, 0.6) is 0 Å². The van der Waals surface area contributed by atoms with Crippen LogP contribution in [0.25, 0.3) is 0 Å². The molecule has 0 aromatic carbocycles. The van der Waals surface area contributed by atoms with Crippen molar-refractivity contribution in [3.8, 4) is 0 Å². The number of hydrogen-bond donors (Lipinski definition) is 2. The quantitative estimate of drug-likeness (QED) is 0.484. The van der Waals surface area contributed by atoms with Crippen LogP contribution in [0.15, 0.2) is 12.3 Å². The van der Waals surface area contributed by atoms with Gasteiger partial charge < -0.3 is 19.6 Å². The summed E-state index contributed by atoms with van der Waals surface area (Å²) in [5.74, 6) is -0.511. The molecule has 124 valence electrons. The molecule has 0 spiro atoms. The highest BCUT2D eigenvalue weighted by atomic mass is 16.5. The van der Waals surface area contributed by atoms with Crippen molar-refractivity contribution in [2.24, 2.45) is 0 Å². The average molecular weight is 313 g/mol. The van der Waals surface area contributed by atoms with E-state index in [0.717, 1.165) is 0 Å². The van der Waals surface area contributed by atoms with Crippen LogP contribution >= 0.6 is 0 Å². The molecule has 0 aromatic heterocycles. The maximum absolute atomic E-state index is 11.8. The second-order valence-corrected chi connectivity index (χ2v) is 4.98. The van der Waals surface area contributed by atoms with E-state index < -0.39 is 12.0 Å². The van der Waals surface area contributed by atoms with Gasteiger partial charge in [-0.1, -0.05) is 6.92 Å². The van der Waals surface area contributed by atoms with Crippen LogP contribution in [-0.4, -0.2) is 72.2 Å². The third-order valence-electron chi connectivity index (χ3n) is 3.39. The zero-order valence-electron chi connectivity index (χ0n) is 12.9. The van der Waals surface area contributed by atoms with Gasteiger partial charge in [0.05, 0.1) is 6.61 Å². The smallest absolute Gasteiger partial charge is 0.251 e. The molecule has 1 saturated heterocycles. The molecule has 2 N–H and O–H groups in total. The Morgan fingerprint density at radius 2 is 2.23 bits per heavy atom. The zero-order chi connectivity index (χ0) is 16.5. The first-order valence-corrected chi connectivity index (χ1v) is 7.20. The molecule has 1 fully saturated rings. The molecule has 1 rings (SSSR count). The third kappa shape index (κ3) is 5.45. The average Bonchev–Trinajstić information content (AvgIpc) is 2.74. The van der Waals surface area contributed by atoms with Crippen LogP contribution < -0.4 is 5.32 Å². The standard InChI is InChI=1S/C14H23N3O5/c1-3-13(21)17-7-5-14(22-11(8-17)9-18)16(2)6-4-12(20)15-10-19/h4,6,10-11,14,18H,3,5,7-9H2,1-2H3,(H,15,19,20)/b6-4-. The van der Waals surface area contributed by atoms with Gasteiger partial charge in [-0.3, -0.25) is 19.7 Å². The Kier molecular flexibility index (Phi) is 7.55. The van der Waals surface area contributed by atoms with E-state index in [1.165, 1.54) is 12.3 Å². The summed E-state index contributed by atoms with van der Waals surface area (Å²) < 4.78 is 5.77. The molecule has 22 heavy (non-hydrogen) atoms. The second-order valence-electron chi connectivity index (χ2n) is 4.98. The number of nitrogens with one attached hydrogen (secondary N) is 1. The van der Waals surface area contributed by atoms with E-state index in [1.54, 1.807) is 23.8 Å². The maximum atomic E-state index is 11.8. The summed E-state index contributed by atoms with van der Waals surface area (Å²) in [6.07, 6.45) is 3.14. The number of rotatable bonds is 6. The molecule has 0 aromatic rings. The molecule has 0 saturated carbocycles. The summed E-state index contributed by atoms with van der Waals surface area (Å²) in [6, 6.07) is 0. The first kappa shape index (κ1) is 18.1. The highest BCUT2D eigenvalue weighted by Gasteiger charge is 2.27. The Bertz CT molecular complexity index is 427. The number of amides is 3. The SMILES string of the molecule is CCC(=O)N1CCC(N(C)/C=C\C(=O)NC=O)OC(CO)C1. The lowest BCUT2D eigenvalue weighted by molar-refractivity contribution is -0.132. The van der Waals surface area contributed by atoms with Crippen LogP contribution in [0.3, 0.4) is 0 Å². The first-order chi connectivity index (χ1) is 10.5. The molecule has 0 aliphatic carbocycles. The highest BCUT2D eigenvalue weighted by molar-refractivity contribution is 5.94. The number of carbonyl (C=O) groups excluding carboxylic acids is 3. The van der Waals surface area contributed by atoms with Gasteiger partial charge in [0.1, 0.15) is 12.3 Å². The van der Waals surface area contributed by atoms with E-state index in [1.807, 2.05) is 5.32 Å². The van der Waals surface area contributed by atoms with E-state index in [-0.39, 0.29) is 18.7 Å². The number of aliphatic hydroxyl groups excluding tert-OH is 1. The first-order valence-electron chi connectivity index (χ1n) is 7.20. The van der Waals surface area contributed by atoms with Crippen LogP contribution in [0, 0.1) is 0 Å². The Morgan fingerprint density at radius 1 is 1.50 bits per heavy atom. The van der Waals surface area contributed by atoms with E-state index >= 15 is 0 Å². The molecule has 0 bridgehead atoms. The second kappa shape index (κ2) is 9.16. The summed E-state index contributed by atoms with van der Waals surface area (Å²) in [6.45, 7) is 2.47. The van der Waals surface area contributed by atoms with Crippen molar-refractivity contribution < 1.29 is 24.2 Å². The minimum absolute atomic E-state index is 0.0197. The van der Waals surface area contributed by atoms with Crippen molar-refractivity contribution in [3.63, 3.8) is 0 Å². The molecular formula is C14H23N3O5. The molecule has 1 heterocycles. The largest absolute Gasteiger partial charge is 0.394 e. The Morgan fingerprint density at radius 3 is 2.82 bits per heavy atom. The number of carbonyl (C=O) groups is 3. The van der Waals surface area contributed by atoms with Crippen molar-refractivity contribution >= 4 is 18.2 Å². The predicted molar refractivity (Wildman–Crippen MR) is 78.3 cm³/mol. The normalized spacial score (nSPS) is 22.2. The van der Waals surface area contributed by atoms with Crippen molar-refractivity contribution in [2.45, 2.75) is 32.1 Å². The number of aliphatic hydroxyl groups is 1. The van der Waals surface area contributed by atoms with Gasteiger partial charge >= 0.3 is 0 Å². The fourth-order valence-corrected chi connectivity index (χ4v) is 2.17. The zero-order valence-corrected chi connectivity index (χ0v) is 12.9. The van der Waals surface area contributed by atoms with Gasteiger partial charge in [0, 0.05) is 45.3 Å². The molecule has 8 nitrogen and oxygen atoms in total. The summed E-state index contributed by atoms with van der Waals surface area (Å²) in [7, 11) is 1.72. The van der Waals surface area contributed by atoms with E-state index in [2.05, 4.69) is 0 Å². The minimum atomic E-state index is -0.531. The summed E-state index contributed by atoms with van der Waals surface area (Å²) >= 11 is 0. The molecule has 8 heteroatoms. The summed E-state index contributed by atoms with van der Waals surface area (Å²) in [4.78, 5) is 36.5. The third-order valence-corrected chi connectivity index (χ3v) is 3.39. The molecule has 2 unspecified atom stereocenters. The lowest BCUT2D eigenvalue weighted by Crippen LogP contribution is -2.38. The number of ether oxygens (including phenoxy) is 1. The summed E-state index contributed by atoms with van der Waals surface area (Å²) in [5, 5.41) is 11.4. The fourth-order valence-electron chi connectivity index (χ4n) is 2.17. The van der Waals surface area contributed by atoms with Gasteiger partial charge in [-0.15, -0.1) is 0 Å². The lowest BCUT2D eigenvalue weighted by atomic mass is 10.3. The maximum Gasteiger partial charge on any atom is 0.251 e. The molecule has 1 aliphatic heterocycles.